The molecule has 0 radical (unpaired) electrons. The first kappa shape index (κ1) is 26.4. The average Bonchev–Trinajstić information content (AvgIpc) is 3.67. The number of hydrogen-bond donors (Lipinski definition) is 3. The van der Waals surface area contributed by atoms with Crippen LogP contribution in [0.5, 0.6) is 0 Å². The van der Waals surface area contributed by atoms with Crippen LogP contribution in [0.2, 0.25) is 0 Å². The molecule has 2 aromatic carbocycles. The van der Waals surface area contributed by atoms with Crippen molar-refractivity contribution >= 4 is 27.9 Å². The number of aromatic amines is 1. The Bertz CT molecular complexity index is 1570. The Kier molecular flexibility index (Phi) is 8.02. The molecule has 5 rings (SSSR count). The molecule has 5 nitrogen and oxygen atoms in total. The number of benzene rings is 2. The van der Waals surface area contributed by atoms with Gasteiger partial charge in [-0.15, -0.1) is 0 Å². The predicted octanol–water partition coefficient (Wildman–Crippen LogP) is 7.42. The highest BCUT2D eigenvalue weighted by molar-refractivity contribution is 5.94. The monoisotopic (exact) mass is 505 g/mol. The lowest BCUT2D eigenvalue weighted by molar-refractivity contribution is 0.631. The number of rotatable bonds is 7. The van der Waals surface area contributed by atoms with Crippen molar-refractivity contribution in [2.75, 3.05) is 5.73 Å². The van der Waals surface area contributed by atoms with Gasteiger partial charge in [0, 0.05) is 34.1 Å². The van der Waals surface area contributed by atoms with E-state index in [-0.39, 0.29) is 5.82 Å². The van der Waals surface area contributed by atoms with E-state index in [0.29, 0.717) is 45.2 Å². The molecule has 2 heterocycles. The Balaban J connectivity index is 0.00000107. The molecule has 0 unspecified atom stereocenters. The van der Waals surface area contributed by atoms with Crippen LogP contribution < -0.4 is 11.5 Å². The Morgan fingerprint density at radius 1 is 1.11 bits per heavy atom. The second-order valence-electron chi connectivity index (χ2n) is 9.03. The normalized spacial score (nSPS) is 13.5. The molecular weight excluding hydrogens is 473 g/mol. The smallest absolute Gasteiger partial charge is 0.138 e. The largest absolute Gasteiger partial charge is 0.405 e. The summed E-state index contributed by atoms with van der Waals surface area (Å²) >= 11 is 0. The third-order valence-electron chi connectivity index (χ3n) is 6.47. The molecule has 0 amide bonds. The minimum atomic E-state index is -0.320. The summed E-state index contributed by atoms with van der Waals surface area (Å²) in [5.41, 5.74) is 18.9. The summed E-state index contributed by atoms with van der Waals surface area (Å²) < 4.78 is 14.5. The Labute approximate surface area is 222 Å². The number of halogens is 1. The molecule has 38 heavy (non-hydrogen) atoms. The first-order valence-corrected chi connectivity index (χ1v) is 12.4. The predicted molar refractivity (Wildman–Crippen MR) is 157 cm³/mol. The number of fused-ring (bicyclic) bond motifs is 1. The SMILES string of the molecule is C=C/C(=C\C(=C/C)c1ccc(N)c(C(=C)c2nc3c(-c4ccccc4F)cncc3[nH]2)c1)C1CC1.C=CN. The Morgan fingerprint density at radius 3 is 2.50 bits per heavy atom. The molecule has 0 bridgehead atoms. The van der Waals surface area contributed by atoms with Crippen LogP contribution in [-0.4, -0.2) is 15.0 Å². The fourth-order valence-corrected chi connectivity index (χ4v) is 4.35. The summed E-state index contributed by atoms with van der Waals surface area (Å²) in [6.07, 6.45) is 13.2. The van der Waals surface area contributed by atoms with E-state index in [1.807, 2.05) is 31.2 Å². The molecule has 192 valence electrons. The minimum Gasteiger partial charge on any atom is -0.405 e. The van der Waals surface area contributed by atoms with Gasteiger partial charge in [-0.1, -0.05) is 62.2 Å². The summed E-state index contributed by atoms with van der Waals surface area (Å²) in [6, 6.07) is 12.6. The number of imidazole rings is 1. The number of anilines is 1. The fraction of sp³-hybridized carbons (Fsp3) is 0.125. The van der Waals surface area contributed by atoms with Crippen molar-refractivity contribution in [3.63, 3.8) is 0 Å². The van der Waals surface area contributed by atoms with Crippen molar-refractivity contribution in [3.8, 4) is 11.1 Å². The standard InChI is InChI=1S/C30H27FN4.C2H5N/c1-4-19(21-10-11-21)14-20(5-2)22-12-13-27(32)24(15-22)18(3)30-34-28-17-33-16-25(29(28)35-30)23-8-6-7-9-26(23)31;1-2-3/h4-9,12-17,21H,1,3,10-11,32H2,2H3,(H,34,35);2H,1,3H2/b19-14+,20-5+;. The summed E-state index contributed by atoms with van der Waals surface area (Å²) in [4.78, 5) is 12.3. The molecule has 4 aromatic rings. The lowest BCUT2D eigenvalue weighted by Gasteiger charge is -2.12. The zero-order valence-corrected chi connectivity index (χ0v) is 21.5. The van der Waals surface area contributed by atoms with E-state index >= 15 is 0 Å². The number of nitrogens with zero attached hydrogens (tertiary/aromatic N) is 2. The molecule has 6 heteroatoms. The quantitative estimate of drug-likeness (QED) is 0.180. The third kappa shape index (κ3) is 5.49. The minimum absolute atomic E-state index is 0.320. The van der Waals surface area contributed by atoms with Gasteiger partial charge in [0.1, 0.15) is 17.2 Å². The van der Waals surface area contributed by atoms with Crippen molar-refractivity contribution < 1.29 is 4.39 Å². The molecule has 0 spiro atoms. The maximum absolute atomic E-state index is 14.5. The maximum Gasteiger partial charge on any atom is 0.138 e. The average molecular weight is 506 g/mol. The van der Waals surface area contributed by atoms with Crippen LogP contribution in [0.3, 0.4) is 0 Å². The number of allylic oxidation sites excluding steroid dienone is 5. The van der Waals surface area contributed by atoms with E-state index in [1.54, 1.807) is 30.6 Å². The number of nitrogens with one attached hydrogen (secondary N) is 1. The van der Waals surface area contributed by atoms with Crippen molar-refractivity contribution in [2.45, 2.75) is 19.8 Å². The lowest BCUT2D eigenvalue weighted by atomic mass is 9.95. The van der Waals surface area contributed by atoms with Gasteiger partial charge in [0.05, 0.1) is 11.7 Å². The van der Waals surface area contributed by atoms with Crippen LogP contribution in [0.15, 0.2) is 105 Å². The first-order chi connectivity index (χ1) is 18.4. The maximum atomic E-state index is 14.5. The van der Waals surface area contributed by atoms with Crippen molar-refractivity contribution in [3.05, 3.63) is 127 Å². The van der Waals surface area contributed by atoms with E-state index in [0.717, 1.165) is 16.7 Å². The molecule has 2 aromatic heterocycles. The molecule has 1 saturated carbocycles. The second-order valence-corrected chi connectivity index (χ2v) is 9.03. The van der Waals surface area contributed by atoms with Crippen LogP contribution in [0, 0.1) is 11.7 Å². The fourth-order valence-electron chi connectivity index (χ4n) is 4.35. The van der Waals surface area contributed by atoms with Gasteiger partial charge in [-0.25, -0.2) is 9.37 Å². The van der Waals surface area contributed by atoms with Crippen LogP contribution in [0.4, 0.5) is 10.1 Å². The topological polar surface area (TPSA) is 93.6 Å². The van der Waals surface area contributed by atoms with E-state index in [1.165, 1.54) is 30.7 Å². The first-order valence-electron chi connectivity index (χ1n) is 12.4. The molecule has 1 fully saturated rings. The third-order valence-corrected chi connectivity index (χ3v) is 6.47. The van der Waals surface area contributed by atoms with Gasteiger partial charge < -0.3 is 16.5 Å². The Morgan fingerprint density at radius 2 is 1.84 bits per heavy atom. The summed E-state index contributed by atoms with van der Waals surface area (Å²) in [5, 5.41) is 0. The highest BCUT2D eigenvalue weighted by Gasteiger charge is 2.24. The number of H-pyrrole nitrogens is 1. The summed E-state index contributed by atoms with van der Waals surface area (Å²) in [7, 11) is 0. The van der Waals surface area contributed by atoms with Gasteiger partial charge >= 0.3 is 0 Å². The highest BCUT2D eigenvalue weighted by atomic mass is 19.1. The van der Waals surface area contributed by atoms with E-state index in [9.17, 15) is 4.39 Å². The van der Waals surface area contributed by atoms with Crippen LogP contribution >= 0.6 is 0 Å². The van der Waals surface area contributed by atoms with Crippen LogP contribution in [0.1, 0.15) is 36.7 Å². The van der Waals surface area contributed by atoms with Crippen molar-refractivity contribution in [1.82, 2.24) is 15.0 Å². The number of hydrogen-bond acceptors (Lipinski definition) is 4. The van der Waals surface area contributed by atoms with Gasteiger partial charge in [0.2, 0.25) is 0 Å². The van der Waals surface area contributed by atoms with Crippen LogP contribution in [-0.2, 0) is 0 Å². The molecule has 1 aliphatic carbocycles. The van der Waals surface area contributed by atoms with Crippen molar-refractivity contribution in [1.29, 1.82) is 0 Å². The summed E-state index contributed by atoms with van der Waals surface area (Å²) in [6.45, 7) is 13.4. The van der Waals surface area contributed by atoms with E-state index in [4.69, 9.17) is 10.7 Å². The van der Waals surface area contributed by atoms with Gasteiger partial charge in [-0.05, 0) is 66.8 Å². The van der Waals surface area contributed by atoms with E-state index in [2.05, 4.69) is 47.6 Å². The van der Waals surface area contributed by atoms with Gasteiger partial charge in [0.25, 0.3) is 0 Å². The molecule has 5 N–H and O–H groups in total. The van der Waals surface area contributed by atoms with Gasteiger partial charge in [-0.3, -0.25) is 4.98 Å². The zero-order valence-electron chi connectivity index (χ0n) is 21.5. The molecular formula is C32H32FN5. The van der Waals surface area contributed by atoms with Gasteiger partial charge in [-0.2, -0.15) is 0 Å². The van der Waals surface area contributed by atoms with E-state index < -0.39 is 0 Å². The number of pyridine rings is 1. The molecule has 1 aliphatic rings. The van der Waals surface area contributed by atoms with Crippen LogP contribution in [0.25, 0.3) is 33.3 Å². The molecule has 0 atom stereocenters. The highest BCUT2D eigenvalue weighted by Crippen LogP contribution is 2.39. The van der Waals surface area contributed by atoms with Crippen molar-refractivity contribution in [2.24, 2.45) is 11.7 Å². The second kappa shape index (κ2) is 11.6. The number of nitrogen functional groups attached to an aromatic ring is 1. The zero-order chi connectivity index (χ0) is 27.2. The molecule has 0 aliphatic heterocycles. The van der Waals surface area contributed by atoms with Gasteiger partial charge in [0.15, 0.2) is 0 Å². The summed E-state index contributed by atoms with van der Waals surface area (Å²) in [5.74, 6) is 0.856. The molecule has 0 saturated heterocycles. The lowest BCUT2D eigenvalue weighted by Crippen LogP contribution is -1.98. The number of nitrogens with two attached hydrogens (primary N) is 2. The Hall–Kier alpha value is -4.71. The number of aromatic nitrogens is 3.